The molecule has 0 bridgehead atoms. The van der Waals surface area contributed by atoms with Crippen molar-refractivity contribution in [2.45, 2.75) is 20.1 Å². The van der Waals surface area contributed by atoms with Crippen LogP contribution in [0, 0.1) is 13.8 Å². The number of aliphatic hydroxyl groups excluding tert-OH is 1. The van der Waals surface area contributed by atoms with Gasteiger partial charge in [-0.1, -0.05) is 0 Å². The van der Waals surface area contributed by atoms with Gasteiger partial charge in [-0.05, 0) is 0 Å². The van der Waals surface area contributed by atoms with Crippen LogP contribution >= 0.6 is 0 Å². The Labute approximate surface area is 93.0 Å². The van der Waals surface area contributed by atoms with Crippen LogP contribution in [-0.4, -0.2) is 19.6 Å². The van der Waals surface area contributed by atoms with E-state index < -0.39 is 6.29 Å². The van der Waals surface area contributed by atoms with Gasteiger partial charge in [0.1, 0.15) is 0 Å². The van der Waals surface area contributed by atoms with Crippen molar-refractivity contribution < 1.29 is 14.3 Å². The van der Waals surface area contributed by atoms with Crippen LogP contribution in [0.5, 0.6) is 5.75 Å². The van der Waals surface area contributed by atoms with Crippen LogP contribution in [0.4, 0.5) is 0 Å². The molecule has 0 radical (unpaired) electrons. The third kappa shape index (κ3) is 1.29. The van der Waals surface area contributed by atoms with E-state index in [1.165, 1.54) is 4.44 Å². The number of ether oxygens (including phenoxy) is 1. The zero-order valence-electron chi connectivity index (χ0n) is 8.40. The summed E-state index contributed by atoms with van der Waals surface area (Å²) in [5.74, 6) is 2.30. The molecule has 0 fully saturated rings. The summed E-state index contributed by atoms with van der Waals surface area (Å²) in [5.41, 5.74) is 0.870. The van der Waals surface area contributed by atoms with Gasteiger partial charge in [0.2, 0.25) is 0 Å². The molecule has 2 aromatic heterocycles. The van der Waals surface area contributed by atoms with Gasteiger partial charge in [0.05, 0.1) is 0 Å². The SMILES string of the molecule is Cc1cc2c(o1)-c1[se]c(C)cc1C(O)O2. The van der Waals surface area contributed by atoms with Gasteiger partial charge < -0.3 is 0 Å². The van der Waals surface area contributed by atoms with Gasteiger partial charge in [0, 0.05) is 0 Å². The molecule has 0 saturated heterocycles. The van der Waals surface area contributed by atoms with E-state index in [2.05, 4.69) is 6.92 Å². The average Bonchev–Trinajstić information content (AvgIpc) is 2.68. The molecule has 4 heteroatoms. The summed E-state index contributed by atoms with van der Waals surface area (Å²) in [6.07, 6.45) is -0.830. The molecule has 1 unspecified atom stereocenters. The second-order valence-electron chi connectivity index (χ2n) is 3.66. The summed E-state index contributed by atoms with van der Waals surface area (Å²) in [7, 11) is 0. The molecule has 1 N–H and O–H groups in total. The number of rotatable bonds is 0. The summed E-state index contributed by atoms with van der Waals surface area (Å²) in [6.45, 7) is 3.96. The number of hydrogen-bond donors (Lipinski definition) is 1. The van der Waals surface area contributed by atoms with E-state index >= 15 is 0 Å². The molecule has 78 valence electrons. The summed E-state index contributed by atoms with van der Waals surface area (Å²) in [6, 6.07) is 3.83. The van der Waals surface area contributed by atoms with Crippen LogP contribution in [0.1, 0.15) is 22.1 Å². The monoisotopic (exact) mass is 270 g/mol. The fourth-order valence-corrected chi connectivity index (χ4v) is 3.96. The average molecular weight is 269 g/mol. The molecule has 0 aliphatic carbocycles. The molecule has 15 heavy (non-hydrogen) atoms. The normalized spacial score (nSPS) is 18.2. The van der Waals surface area contributed by atoms with Gasteiger partial charge >= 0.3 is 92.7 Å². The number of aryl methyl sites for hydroxylation is 2. The molecule has 3 heterocycles. The predicted molar refractivity (Wildman–Crippen MR) is 56.1 cm³/mol. The molecule has 3 rings (SSSR count). The first-order valence-corrected chi connectivity index (χ1v) is 6.42. The summed E-state index contributed by atoms with van der Waals surface area (Å²) < 4.78 is 13.4. The zero-order valence-corrected chi connectivity index (χ0v) is 10.1. The van der Waals surface area contributed by atoms with Gasteiger partial charge in [0.25, 0.3) is 0 Å². The Morgan fingerprint density at radius 1 is 1.33 bits per heavy atom. The van der Waals surface area contributed by atoms with Crippen LogP contribution in [0.15, 0.2) is 16.5 Å². The Morgan fingerprint density at radius 2 is 2.13 bits per heavy atom. The summed E-state index contributed by atoms with van der Waals surface area (Å²) in [5, 5.41) is 9.80. The van der Waals surface area contributed by atoms with Crippen molar-refractivity contribution in [2.24, 2.45) is 0 Å². The molecule has 0 spiro atoms. The molecular formula is C11H10O3Se. The minimum absolute atomic E-state index is 0.263. The van der Waals surface area contributed by atoms with Crippen LogP contribution in [-0.2, 0) is 0 Å². The number of aliphatic hydroxyl groups is 1. The fourth-order valence-electron chi connectivity index (χ4n) is 1.82. The quantitative estimate of drug-likeness (QED) is 0.744. The van der Waals surface area contributed by atoms with Gasteiger partial charge in [-0.2, -0.15) is 0 Å². The molecule has 0 amide bonds. The second kappa shape index (κ2) is 3.01. The van der Waals surface area contributed by atoms with E-state index in [0.29, 0.717) is 5.75 Å². The molecule has 0 saturated carbocycles. The van der Waals surface area contributed by atoms with Crippen molar-refractivity contribution in [3.8, 4) is 15.9 Å². The van der Waals surface area contributed by atoms with Gasteiger partial charge in [-0.3, -0.25) is 0 Å². The maximum atomic E-state index is 9.80. The Morgan fingerprint density at radius 3 is 2.93 bits per heavy atom. The van der Waals surface area contributed by atoms with Crippen molar-refractivity contribution in [2.75, 3.05) is 0 Å². The van der Waals surface area contributed by atoms with Crippen LogP contribution in [0.25, 0.3) is 10.2 Å². The molecule has 1 aliphatic rings. The van der Waals surface area contributed by atoms with E-state index in [0.717, 1.165) is 21.5 Å². The van der Waals surface area contributed by atoms with Crippen molar-refractivity contribution >= 4 is 14.5 Å². The number of fused-ring (bicyclic) bond motifs is 3. The van der Waals surface area contributed by atoms with E-state index in [4.69, 9.17) is 9.15 Å². The fraction of sp³-hybridized carbons (Fsp3) is 0.273. The van der Waals surface area contributed by atoms with Crippen LogP contribution in [0.3, 0.4) is 0 Å². The third-order valence-electron chi connectivity index (χ3n) is 2.42. The van der Waals surface area contributed by atoms with E-state index in [9.17, 15) is 5.11 Å². The molecule has 0 aromatic carbocycles. The maximum absolute atomic E-state index is 9.80. The van der Waals surface area contributed by atoms with Crippen molar-refractivity contribution in [3.05, 3.63) is 27.9 Å². The van der Waals surface area contributed by atoms with Crippen molar-refractivity contribution in [1.29, 1.82) is 0 Å². The van der Waals surface area contributed by atoms with E-state index in [1.807, 2.05) is 19.1 Å². The topological polar surface area (TPSA) is 42.6 Å². The second-order valence-corrected chi connectivity index (χ2v) is 6.30. The van der Waals surface area contributed by atoms with Crippen LogP contribution in [0.2, 0.25) is 0 Å². The Balaban J connectivity index is 2.28. The van der Waals surface area contributed by atoms with Gasteiger partial charge in [0.15, 0.2) is 0 Å². The molecule has 2 aromatic rings. The summed E-state index contributed by atoms with van der Waals surface area (Å²) >= 11 is 0.263. The molecule has 3 nitrogen and oxygen atoms in total. The molecule has 1 aliphatic heterocycles. The third-order valence-corrected chi connectivity index (χ3v) is 4.65. The van der Waals surface area contributed by atoms with E-state index in [-0.39, 0.29) is 14.5 Å². The zero-order chi connectivity index (χ0) is 10.6. The number of furan rings is 1. The predicted octanol–water partition coefficient (Wildman–Crippen LogP) is 2.00. The number of hydrogen-bond acceptors (Lipinski definition) is 3. The Hall–Kier alpha value is -0.961. The Bertz CT molecular complexity index is 524. The minimum atomic E-state index is -0.830. The van der Waals surface area contributed by atoms with Gasteiger partial charge in [-0.15, -0.1) is 0 Å². The van der Waals surface area contributed by atoms with Crippen molar-refractivity contribution in [3.63, 3.8) is 0 Å². The first-order chi connectivity index (χ1) is 7.15. The Kier molecular flexibility index (Phi) is 1.86. The van der Waals surface area contributed by atoms with E-state index in [1.54, 1.807) is 0 Å². The molecular weight excluding hydrogens is 259 g/mol. The molecule has 1 atom stereocenters. The first-order valence-electron chi connectivity index (χ1n) is 4.71. The first kappa shape index (κ1) is 9.28. The summed E-state index contributed by atoms with van der Waals surface area (Å²) in [4.78, 5) is 0. The van der Waals surface area contributed by atoms with Crippen molar-refractivity contribution in [1.82, 2.24) is 0 Å². The van der Waals surface area contributed by atoms with Gasteiger partial charge in [-0.25, -0.2) is 0 Å². The standard InChI is InChI=1S/C11H10O3Se/c1-5-3-8-9(13-5)10-7(11(12)14-8)4-6(2)15-10/h3-4,11-12H,1-2H3. The van der Waals surface area contributed by atoms with Crippen LogP contribution < -0.4 is 4.74 Å².